The van der Waals surface area contributed by atoms with Crippen LogP contribution in [0.1, 0.15) is 104 Å². The first-order chi connectivity index (χ1) is 18.9. The van der Waals surface area contributed by atoms with Gasteiger partial charge in [-0.25, -0.2) is 0 Å². The highest BCUT2D eigenvalue weighted by Crippen LogP contribution is 2.37. The Morgan fingerprint density at radius 2 is 1.15 bits per heavy atom. The summed E-state index contributed by atoms with van der Waals surface area (Å²) in [6.07, 6.45) is 3.82. The molecule has 0 radical (unpaired) electrons. The lowest BCUT2D eigenvalue weighted by molar-refractivity contribution is 0.138. The van der Waals surface area contributed by atoms with Crippen molar-refractivity contribution < 1.29 is 13.9 Å². The van der Waals surface area contributed by atoms with Gasteiger partial charge in [-0.2, -0.15) is 0 Å². The summed E-state index contributed by atoms with van der Waals surface area (Å²) in [6.45, 7) is 25.2. The van der Waals surface area contributed by atoms with Crippen molar-refractivity contribution >= 4 is 11.0 Å². The third-order valence-electron chi connectivity index (χ3n) is 7.80. The minimum absolute atomic E-state index is 0.0289. The van der Waals surface area contributed by atoms with Gasteiger partial charge in [0.2, 0.25) is 0 Å². The van der Waals surface area contributed by atoms with E-state index in [2.05, 4.69) is 125 Å². The van der Waals surface area contributed by atoms with Gasteiger partial charge in [-0.05, 0) is 88.2 Å². The molecule has 3 heteroatoms. The van der Waals surface area contributed by atoms with E-state index in [-0.39, 0.29) is 21.8 Å². The maximum Gasteiger partial charge on any atom is 0.133 e. The summed E-state index contributed by atoms with van der Waals surface area (Å²) in [5.41, 5.74) is 8.48. The Labute approximate surface area is 248 Å². The van der Waals surface area contributed by atoms with Crippen LogP contribution in [0.15, 0.2) is 71.3 Å². The summed E-state index contributed by atoms with van der Waals surface area (Å²) < 4.78 is 16.6. The average molecular weight is 555 g/mol. The van der Waals surface area contributed by atoms with Crippen molar-refractivity contribution in [3.63, 3.8) is 0 Å². The summed E-state index contributed by atoms with van der Waals surface area (Å²) in [5.74, 6) is 2.14. The van der Waals surface area contributed by atoms with E-state index < -0.39 is 0 Å². The molecule has 41 heavy (non-hydrogen) atoms. The number of ether oxygens (including phenoxy) is 2. The maximum absolute atomic E-state index is 5.86. The van der Waals surface area contributed by atoms with Crippen LogP contribution in [0.5, 0.6) is 11.5 Å². The van der Waals surface area contributed by atoms with E-state index in [1.807, 2.05) is 12.1 Å². The van der Waals surface area contributed by atoms with Gasteiger partial charge in [0.25, 0.3) is 0 Å². The Morgan fingerprint density at radius 1 is 0.610 bits per heavy atom. The van der Waals surface area contributed by atoms with Gasteiger partial charge in [-0.15, -0.1) is 0 Å². The van der Waals surface area contributed by atoms with Crippen LogP contribution >= 0.6 is 0 Å². The van der Waals surface area contributed by atoms with Gasteiger partial charge in [0.15, 0.2) is 0 Å². The van der Waals surface area contributed by atoms with Crippen LogP contribution < -0.4 is 9.47 Å². The van der Waals surface area contributed by atoms with Gasteiger partial charge in [-0.3, -0.25) is 0 Å². The van der Waals surface area contributed by atoms with Crippen molar-refractivity contribution in [1.82, 2.24) is 0 Å². The van der Waals surface area contributed by atoms with Crippen LogP contribution in [-0.4, -0.2) is 12.2 Å². The maximum atomic E-state index is 5.86. The van der Waals surface area contributed by atoms with Gasteiger partial charge in [0.1, 0.15) is 22.7 Å². The van der Waals surface area contributed by atoms with Crippen LogP contribution in [0.25, 0.3) is 11.0 Å². The molecular formula is C38H50O3. The first-order valence-corrected chi connectivity index (χ1v) is 15.0. The smallest absolute Gasteiger partial charge is 0.133 e. The summed E-state index contributed by atoms with van der Waals surface area (Å²) in [7, 11) is 0. The topological polar surface area (TPSA) is 31.6 Å². The second-order valence-electron chi connectivity index (χ2n) is 15.2. The molecule has 3 heterocycles. The predicted octanol–water partition coefficient (Wildman–Crippen LogP) is 10.3. The highest BCUT2D eigenvalue weighted by atomic mass is 16.5. The second-order valence-corrected chi connectivity index (χ2v) is 15.2. The molecule has 0 atom stereocenters. The van der Waals surface area contributed by atoms with E-state index in [1.165, 1.54) is 33.2 Å². The Bertz CT molecular complexity index is 1480. The number of benzene rings is 3. The van der Waals surface area contributed by atoms with Crippen LogP contribution in [-0.2, 0) is 29.1 Å². The van der Waals surface area contributed by atoms with Crippen LogP contribution in [0.4, 0.5) is 0 Å². The Morgan fingerprint density at radius 3 is 1.76 bits per heavy atom. The second kappa shape index (κ2) is 11.2. The standard InChI is InChI=1S/C14H20O.C12H16O.C12H14O/c1-13(2,3)11-6-7-12-10(8-11)9-14(4,5)15-12;2*1-12(2,3)10-4-5-11-9(8-10)6-7-13-11/h6-8H,9H2,1-5H3;4-5,8H,6-7H2,1-3H3;4-8H,1-3H3. The van der Waals surface area contributed by atoms with E-state index in [4.69, 9.17) is 13.9 Å². The van der Waals surface area contributed by atoms with E-state index >= 15 is 0 Å². The minimum atomic E-state index is -0.0289. The number of fused-ring (bicyclic) bond motifs is 3. The molecule has 2 aliphatic heterocycles. The summed E-state index contributed by atoms with van der Waals surface area (Å²) in [5, 5.41) is 1.19. The third-order valence-corrected chi connectivity index (χ3v) is 7.80. The fraction of sp³-hybridized carbons (Fsp3) is 0.474. The molecule has 0 saturated carbocycles. The van der Waals surface area contributed by atoms with Gasteiger partial charge in [0.05, 0.1) is 12.9 Å². The SMILES string of the molecule is CC(C)(C)c1ccc2c(c1)CCO2.CC(C)(C)c1ccc2occc2c1.CC1(C)Cc2cc(C(C)(C)C)ccc2O1. The summed E-state index contributed by atoms with van der Waals surface area (Å²) >= 11 is 0. The quantitative estimate of drug-likeness (QED) is 0.217. The lowest BCUT2D eigenvalue weighted by atomic mass is 9.85. The van der Waals surface area contributed by atoms with Crippen LogP contribution in [0, 0.1) is 0 Å². The van der Waals surface area contributed by atoms with Gasteiger partial charge >= 0.3 is 0 Å². The zero-order chi connectivity index (χ0) is 30.2. The monoisotopic (exact) mass is 554 g/mol. The van der Waals surface area contributed by atoms with E-state index in [0.29, 0.717) is 0 Å². The predicted molar refractivity (Wildman–Crippen MR) is 173 cm³/mol. The van der Waals surface area contributed by atoms with Crippen molar-refractivity contribution in [2.75, 3.05) is 6.61 Å². The molecule has 0 bridgehead atoms. The summed E-state index contributed by atoms with van der Waals surface area (Å²) in [6, 6.07) is 21.5. The molecule has 4 aromatic rings. The molecule has 0 spiro atoms. The minimum Gasteiger partial charge on any atom is -0.493 e. The molecule has 2 aliphatic rings. The number of furan rings is 1. The van der Waals surface area contributed by atoms with E-state index in [1.54, 1.807) is 6.26 Å². The molecule has 0 saturated heterocycles. The Hall–Kier alpha value is -3.20. The molecule has 0 aliphatic carbocycles. The average Bonchev–Trinajstić information content (AvgIpc) is 3.58. The normalized spacial score (nSPS) is 15.5. The zero-order valence-corrected chi connectivity index (χ0v) is 27.2. The Balaban J connectivity index is 0.000000142. The zero-order valence-electron chi connectivity index (χ0n) is 27.2. The largest absolute Gasteiger partial charge is 0.493 e. The van der Waals surface area contributed by atoms with Crippen molar-refractivity contribution in [2.45, 2.75) is 111 Å². The molecular weight excluding hydrogens is 504 g/mol. The molecule has 6 rings (SSSR count). The van der Waals surface area contributed by atoms with Crippen molar-refractivity contribution in [2.24, 2.45) is 0 Å². The summed E-state index contributed by atoms with van der Waals surface area (Å²) in [4.78, 5) is 0. The molecule has 0 fully saturated rings. The van der Waals surface area contributed by atoms with E-state index in [0.717, 1.165) is 36.5 Å². The molecule has 0 amide bonds. The van der Waals surface area contributed by atoms with Crippen LogP contribution in [0.2, 0.25) is 0 Å². The lowest BCUT2D eigenvalue weighted by Crippen LogP contribution is -2.24. The molecule has 0 unspecified atom stereocenters. The lowest BCUT2D eigenvalue weighted by Gasteiger charge is -2.19. The van der Waals surface area contributed by atoms with Gasteiger partial charge in [0, 0.05) is 18.2 Å². The van der Waals surface area contributed by atoms with Crippen molar-refractivity contribution in [1.29, 1.82) is 0 Å². The fourth-order valence-electron chi connectivity index (χ4n) is 5.16. The highest BCUT2D eigenvalue weighted by molar-refractivity contribution is 5.78. The Kier molecular flexibility index (Phi) is 8.42. The highest BCUT2D eigenvalue weighted by Gasteiger charge is 2.30. The number of rotatable bonds is 0. The third kappa shape index (κ3) is 7.76. The van der Waals surface area contributed by atoms with Gasteiger partial charge in [-0.1, -0.05) is 92.6 Å². The molecule has 0 N–H and O–H groups in total. The van der Waals surface area contributed by atoms with Crippen molar-refractivity contribution in [3.05, 3.63) is 94.7 Å². The molecule has 3 aromatic carbocycles. The first-order valence-electron chi connectivity index (χ1n) is 15.0. The fourth-order valence-corrected chi connectivity index (χ4v) is 5.16. The van der Waals surface area contributed by atoms with Crippen LogP contribution in [0.3, 0.4) is 0 Å². The van der Waals surface area contributed by atoms with Gasteiger partial charge < -0.3 is 13.9 Å². The van der Waals surface area contributed by atoms with Crippen molar-refractivity contribution in [3.8, 4) is 11.5 Å². The molecule has 3 nitrogen and oxygen atoms in total. The number of hydrogen-bond donors (Lipinski definition) is 0. The molecule has 220 valence electrons. The first kappa shape index (κ1) is 30.8. The van der Waals surface area contributed by atoms with E-state index in [9.17, 15) is 0 Å². The molecule has 1 aromatic heterocycles. The number of hydrogen-bond acceptors (Lipinski definition) is 3.